The molecule has 0 spiro atoms. The van der Waals surface area contributed by atoms with Crippen molar-refractivity contribution in [2.45, 2.75) is 13.3 Å². The number of carbonyl (C=O) groups excluding carboxylic acids is 1. The summed E-state index contributed by atoms with van der Waals surface area (Å²) in [6.07, 6.45) is 1.13. The van der Waals surface area contributed by atoms with Gasteiger partial charge in [-0.15, -0.1) is 0 Å². The summed E-state index contributed by atoms with van der Waals surface area (Å²) >= 11 is 2.10. The standard InChI is InChI=1S/C7H11IO3S/c1-5(9)10-3-6-2-7(6)4-11-12-8/h6-7H,2-4H2,1H3. The van der Waals surface area contributed by atoms with Crippen molar-refractivity contribution in [2.75, 3.05) is 13.2 Å². The van der Waals surface area contributed by atoms with Crippen LogP contribution in [-0.4, -0.2) is 19.2 Å². The average Bonchev–Trinajstić information content (AvgIpc) is 2.76. The molecular formula is C7H11IO3S. The first kappa shape index (κ1) is 10.6. The molecule has 0 saturated heterocycles. The fraction of sp³-hybridized carbons (Fsp3) is 0.857. The van der Waals surface area contributed by atoms with Crippen molar-refractivity contribution in [3.63, 3.8) is 0 Å². The van der Waals surface area contributed by atoms with Gasteiger partial charge in [0.25, 0.3) is 0 Å². The fourth-order valence-corrected chi connectivity index (χ4v) is 1.72. The van der Waals surface area contributed by atoms with E-state index in [9.17, 15) is 4.79 Å². The van der Waals surface area contributed by atoms with Gasteiger partial charge in [-0.2, -0.15) is 0 Å². The summed E-state index contributed by atoms with van der Waals surface area (Å²) in [6.45, 7) is 2.78. The number of rotatable bonds is 5. The van der Waals surface area contributed by atoms with Crippen molar-refractivity contribution in [1.29, 1.82) is 0 Å². The third-order valence-electron chi connectivity index (χ3n) is 1.90. The Labute approximate surface area is 88.4 Å². The predicted molar refractivity (Wildman–Crippen MR) is 55.8 cm³/mol. The van der Waals surface area contributed by atoms with Gasteiger partial charge in [-0.3, -0.25) is 4.79 Å². The van der Waals surface area contributed by atoms with Crippen LogP contribution in [0.3, 0.4) is 0 Å². The molecule has 1 saturated carbocycles. The van der Waals surface area contributed by atoms with E-state index in [0.717, 1.165) is 13.0 Å². The highest BCUT2D eigenvalue weighted by Crippen LogP contribution is 2.39. The van der Waals surface area contributed by atoms with Crippen molar-refractivity contribution in [2.24, 2.45) is 11.8 Å². The highest BCUT2D eigenvalue weighted by molar-refractivity contribution is 14.2. The van der Waals surface area contributed by atoms with Crippen LogP contribution in [0.5, 0.6) is 0 Å². The monoisotopic (exact) mass is 302 g/mol. The molecule has 2 unspecified atom stereocenters. The predicted octanol–water partition coefficient (Wildman–Crippen LogP) is 2.20. The Hall–Kier alpha value is 0.510. The molecule has 1 aliphatic rings. The van der Waals surface area contributed by atoms with Crippen molar-refractivity contribution in [3.05, 3.63) is 0 Å². The molecule has 0 aromatic heterocycles. The normalized spacial score (nSPS) is 26.8. The Morgan fingerprint density at radius 3 is 2.83 bits per heavy atom. The quantitative estimate of drug-likeness (QED) is 0.443. The lowest BCUT2D eigenvalue weighted by atomic mass is 10.3. The summed E-state index contributed by atoms with van der Waals surface area (Å²) in [5, 5.41) is 0. The Morgan fingerprint density at radius 1 is 1.58 bits per heavy atom. The molecule has 3 nitrogen and oxygen atoms in total. The van der Waals surface area contributed by atoms with Gasteiger partial charge in [0.2, 0.25) is 0 Å². The summed E-state index contributed by atoms with van der Waals surface area (Å²) in [6, 6.07) is 0. The zero-order valence-corrected chi connectivity index (χ0v) is 9.76. The molecule has 0 bridgehead atoms. The van der Waals surface area contributed by atoms with E-state index in [-0.39, 0.29) is 5.97 Å². The largest absolute Gasteiger partial charge is 0.466 e. The van der Waals surface area contributed by atoms with Crippen LogP contribution in [0.15, 0.2) is 0 Å². The van der Waals surface area contributed by atoms with Gasteiger partial charge < -0.3 is 8.92 Å². The molecule has 0 aliphatic heterocycles. The molecule has 1 rings (SSSR count). The lowest BCUT2D eigenvalue weighted by Gasteiger charge is -1.99. The lowest BCUT2D eigenvalue weighted by molar-refractivity contribution is -0.141. The number of hydrogen-bond acceptors (Lipinski definition) is 4. The van der Waals surface area contributed by atoms with E-state index in [4.69, 9.17) is 8.92 Å². The Morgan fingerprint density at radius 2 is 2.25 bits per heavy atom. The second kappa shape index (κ2) is 5.29. The summed E-state index contributed by atoms with van der Waals surface area (Å²) in [5.41, 5.74) is 0. The summed E-state index contributed by atoms with van der Waals surface area (Å²) < 4.78 is 10.0. The summed E-state index contributed by atoms with van der Waals surface area (Å²) in [7, 11) is 1.36. The Kier molecular flexibility index (Phi) is 4.66. The molecule has 0 amide bonds. The molecule has 1 fully saturated rings. The first-order valence-electron chi connectivity index (χ1n) is 3.77. The number of hydrogen-bond donors (Lipinski definition) is 0. The number of carbonyl (C=O) groups is 1. The maximum absolute atomic E-state index is 10.4. The number of esters is 1. The van der Waals surface area contributed by atoms with E-state index in [1.54, 1.807) is 0 Å². The third kappa shape index (κ3) is 3.95. The summed E-state index contributed by atoms with van der Waals surface area (Å²) in [5.74, 6) is 0.953. The van der Waals surface area contributed by atoms with Crippen LogP contribution < -0.4 is 0 Å². The van der Waals surface area contributed by atoms with Gasteiger partial charge in [-0.05, 0) is 18.3 Å². The molecule has 0 aromatic rings. The van der Waals surface area contributed by atoms with Crippen molar-refractivity contribution >= 4 is 36.4 Å². The van der Waals surface area contributed by atoms with Crippen LogP contribution in [0.1, 0.15) is 13.3 Å². The molecule has 0 heterocycles. The van der Waals surface area contributed by atoms with Crippen LogP contribution in [0, 0.1) is 11.8 Å². The highest BCUT2D eigenvalue weighted by atomic mass is 127. The maximum Gasteiger partial charge on any atom is 0.302 e. The molecular weight excluding hydrogens is 291 g/mol. The first-order chi connectivity index (χ1) is 5.74. The highest BCUT2D eigenvalue weighted by Gasteiger charge is 2.37. The van der Waals surface area contributed by atoms with E-state index in [1.165, 1.54) is 16.1 Å². The topological polar surface area (TPSA) is 35.5 Å². The van der Waals surface area contributed by atoms with Gasteiger partial charge >= 0.3 is 5.97 Å². The van der Waals surface area contributed by atoms with Gasteiger partial charge in [0.15, 0.2) is 0 Å². The van der Waals surface area contributed by atoms with E-state index in [1.807, 2.05) is 0 Å². The van der Waals surface area contributed by atoms with E-state index in [2.05, 4.69) is 21.2 Å². The van der Waals surface area contributed by atoms with Crippen LogP contribution in [0.2, 0.25) is 0 Å². The van der Waals surface area contributed by atoms with Gasteiger partial charge in [-0.1, -0.05) is 0 Å². The van der Waals surface area contributed by atoms with Gasteiger partial charge in [-0.25, -0.2) is 0 Å². The van der Waals surface area contributed by atoms with Crippen molar-refractivity contribution < 1.29 is 13.7 Å². The molecule has 1 aliphatic carbocycles. The van der Waals surface area contributed by atoms with E-state index < -0.39 is 0 Å². The second-order valence-corrected chi connectivity index (χ2v) is 4.35. The molecule has 0 radical (unpaired) electrons. The minimum absolute atomic E-state index is 0.190. The zero-order valence-electron chi connectivity index (χ0n) is 6.79. The minimum atomic E-state index is -0.190. The average molecular weight is 302 g/mol. The SMILES string of the molecule is CC(=O)OCC1CC1COSI. The second-order valence-electron chi connectivity index (χ2n) is 2.91. The lowest BCUT2D eigenvalue weighted by Crippen LogP contribution is -2.04. The van der Waals surface area contributed by atoms with E-state index >= 15 is 0 Å². The smallest absolute Gasteiger partial charge is 0.302 e. The van der Waals surface area contributed by atoms with E-state index in [0.29, 0.717) is 18.4 Å². The van der Waals surface area contributed by atoms with Crippen molar-refractivity contribution in [3.8, 4) is 0 Å². The fourth-order valence-electron chi connectivity index (χ4n) is 1.06. The molecule has 0 N–H and O–H groups in total. The molecule has 0 aromatic carbocycles. The first-order valence-corrected chi connectivity index (χ1v) is 7.06. The Balaban J connectivity index is 1.97. The molecule has 5 heteroatoms. The molecule has 2 atom stereocenters. The number of ether oxygens (including phenoxy) is 1. The zero-order chi connectivity index (χ0) is 8.97. The van der Waals surface area contributed by atoms with Gasteiger partial charge in [0, 0.05) is 28.1 Å². The number of halogens is 1. The maximum atomic E-state index is 10.4. The summed E-state index contributed by atoms with van der Waals surface area (Å²) in [4.78, 5) is 10.4. The van der Waals surface area contributed by atoms with Crippen LogP contribution >= 0.6 is 30.4 Å². The minimum Gasteiger partial charge on any atom is -0.466 e. The van der Waals surface area contributed by atoms with Crippen molar-refractivity contribution in [1.82, 2.24) is 0 Å². The molecule has 12 heavy (non-hydrogen) atoms. The van der Waals surface area contributed by atoms with Crippen LogP contribution in [0.4, 0.5) is 0 Å². The van der Waals surface area contributed by atoms with Gasteiger partial charge in [0.05, 0.1) is 22.4 Å². The Bertz CT molecular complexity index is 165. The van der Waals surface area contributed by atoms with Crippen LogP contribution in [0.25, 0.3) is 0 Å². The molecule has 70 valence electrons. The van der Waals surface area contributed by atoms with Crippen LogP contribution in [-0.2, 0) is 13.7 Å². The van der Waals surface area contributed by atoms with Gasteiger partial charge in [0.1, 0.15) is 0 Å². The third-order valence-corrected chi connectivity index (χ3v) is 2.88.